The van der Waals surface area contributed by atoms with Crippen LogP contribution < -0.4 is 9.80 Å². The van der Waals surface area contributed by atoms with Gasteiger partial charge in [-0.3, -0.25) is 9.97 Å². The molecule has 1 unspecified atom stereocenters. The first-order valence-corrected chi connectivity index (χ1v) is 15.4. The van der Waals surface area contributed by atoms with Gasteiger partial charge in [0.15, 0.2) is 0 Å². The van der Waals surface area contributed by atoms with Crippen molar-refractivity contribution in [1.29, 1.82) is 0 Å². The van der Waals surface area contributed by atoms with Gasteiger partial charge in [0.2, 0.25) is 0 Å². The number of hydrogen-bond acceptors (Lipinski definition) is 9. The first kappa shape index (κ1) is 28.4. The summed E-state index contributed by atoms with van der Waals surface area (Å²) in [5.41, 5.74) is 2.90. The highest BCUT2D eigenvalue weighted by Crippen LogP contribution is 2.33. The molecular formula is C31H43N9O2. The highest BCUT2D eigenvalue weighted by Gasteiger charge is 2.36. The smallest absolute Gasteiger partial charge is 0.410 e. The third-order valence-corrected chi connectivity index (χ3v) is 8.40. The van der Waals surface area contributed by atoms with E-state index in [0.717, 1.165) is 68.5 Å². The standard InChI is InChI=1S/C31H43N9O2/c1-22(40-21-28(35-36-40)27-17-32-18-29(34-27)37-13-5-6-14-37)26-12-11-24(16-33-26)38-15-7-8-25(20-38)39(19-23-9-10-23)30(41)42-31(2,3)4/h11-12,16-18,21-23,25H,5-10,13-15,19-20H2,1-4H3/t22?,25-/m1/s1. The van der Waals surface area contributed by atoms with Crippen molar-refractivity contribution in [1.82, 2.24) is 34.8 Å². The molecule has 1 amide bonds. The summed E-state index contributed by atoms with van der Waals surface area (Å²) in [6.07, 6.45) is 14.0. The number of amides is 1. The molecule has 0 N–H and O–H groups in total. The molecule has 2 aliphatic heterocycles. The van der Waals surface area contributed by atoms with Crippen LogP contribution in [0.3, 0.4) is 0 Å². The van der Waals surface area contributed by atoms with Crippen LogP contribution in [0.15, 0.2) is 36.9 Å². The summed E-state index contributed by atoms with van der Waals surface area (Å²) in [6.45, 7) is 12.4. The molecule has 5 heterocycles. The van der Waals surface area contributed by atoms with E-state index >= 15 is 0 Å². The van der Waals surface area contributed by atoms with Crippen molar-refractivity contribution in [3.8, 4) is 11.4 Å². The van der Waals surface area contributed by atoms with E-state index in [0.29, 0.717) is 11.6 Å². The van der Waals surface area contributed by atoms with Gasteiger partial charge in [-0.1, -0.05) is 5.21 Å². The molecule has 0 aromatic carbocycles. The first-order valence-electron chi connectivity index (χ1n) is 15.4. The Balaban J connectivity index is 1.12. The molecule has 6 rings (SSSR count). The minimum Gasteiger partial charge on any atom is -0.444 e. The lowest BCUT2D eigenvalue weighted by atomic mass is 10.0. The summed E-state index contributed by atoms with van der Waals surface area (Å²) >= 11 is 0. The number of hydrogen-bond donors (Lipinski definition) is 0. The maximum absolute atomic E-state index is 13.1. The number of piperidine rings is 1. The predicted molar refractivity (Wildman–Crippen MR) is 161 cm³/mol. The number of carbonyl (C=O) groups is 1. The van der Waals surface area contributed by atoms with Crippen molar-refractivity contribution >= 4 is 17.6 Å². The van der Waals surface area contributed by atoms with Crippen LogP contribution in [-0.2, 0) is 4.74 Å². The fourth-order valence-corrected chi connectivity index (χ4v) is 5.84. The highest BCUT2D eigenvalue weighted by atomic mass is 16.6. The van der Waals surface area contributed by atoms with E-state index < -0.39 is 5.60 Å². The highest BCUT2D eigenvalue weighted by molar-refractivity contribution is 5.69. The fourth-order valence-electron chi connectivity index (χ4n) is 5.84. The maximum Gasteiger partial charge on any atom is 0.410 e. The third kappa shape index (κ3) is 6.65. The van der Waals surface area contributed by atoms with Crippen LogP contribution in [0.5, 0.6) is 0 Å². The molecule has 3 aliphatic rings. The van der Waals surface area contributed by atoms with Crippen LogP contribution in [0, 0.1) is 5.92 Å². The van der Waals surface area contributed by atoms with Crippen molar-refractivity contribution in [3.05, 3.63) is 42.6 Å². The van der Waals surface area contributed by atoms with Crippen molar-refractivity contribution in [2.24, 2.45) is 5.92 Å². The lowest BCUT2D eigenvalue weighted by Crippen LogP contribution is -2.52. The summed E-state index contributed by atoms with van der Waals surface area (Å²) in [5.74, 6) is 1.50. The lowest BCUT2D eigenvalue weighted by molar-refractivity contribution is 0.0134. The predicted octanol–water partition coefficient (Wildman–Crippen LogP) is 4.96. The summed E-state index contributed by atoms with van der Waals surface area (Å²) in [6, 6.07) is 4.23. The van der Waals surface area contributed by atoms with Gasteiger partial charge in [-0.15, -0.1) is 5.10 Å². The Hall–Kier alpha value is -3.76. The monoisotopic (exact) mass is 573 g/mol. The number of anilines is 2. The van der Waals surface area contributed by atoms with E-state index in [1.807, 2.05) is 48.9 Å². The maximum atomic E-state index is 13.1. The van der Waals surface area contributed by atoms with Crippen LogP contribution in [0.4, 0.5) is 16.3 Å². The molecule has 42 heavy (non-hydrogen) atoms. The lowest BCUT2D eigenvalue weighted by Gasteiger charge is -2.40. The summed E-state index contributed by atoms with van der Waals surface area (Å²) < 4.78 is 7.63. The Morgan fingerprint density at radius 2 is 1.81 bits per heavy atom. The molecule has 11 heteroatoms. The van der Waals surface area contributed by atoms with E-state index in [4.69, 9.17) is 14.7 Å². The number of aromatic nitrogens is 6. The zero-order valence-electron chi connectivity index (χ0n) is 25.3. The van der Waals surface area contributed by atoms with Gasteiger partial charge in [0.05, 0.1) is 48.3 Å². The van der Waals surface area contributed by atoms with Crippen LogP contribution in [0.25, 0.3) is 11.4 Å². The molecule has 0 radical (unpaired) electrons. The zero-order chi connectivity index (χ0) is 29.3. The molecule has 2 atom stereocenters. The summed E-state index contributed by atoms with van der Waals surface area (Å²) in [4.78, 5) is 33.8. The molecule has 1 saturated carbocycles. The molecule has 1 aliphatic carbocycles. The Bertz CT molecular complexity index is 1360. The third-order valence-electron chi connectivity index (χ3n) is 8.40. The minimum atomic E-state index is -0.500. The van der Waals surface area contributed by atoms with Gasteiger partial charge < -0.3 is 19.4 Å². The van der Waals surface area contributed by atoms with Gasteiger partial charge in [-0.2, -0.15) is 0 Å². The SMILES string of the molecule is CC(c1ccc(N2CCC[C@@H](N(CC3CC3)C(=O)OC(C)(C)C)C2)cn1)n1cc(-c2cncc(N3CCCC3)n2)nn1. The second-order valence-corrected chi connectivity index (χ2v) is 13.0. The minimum absolute atomic E-state index is 0.0923. The second-order valence-electron chi connectivity index (χ2n) is 13.0. The van der Waals surface area contributed by atoms with Crippen LogP contribution in [0.1, 0.15) is 78.0 Å². The largest absolute Gasteiger partial charge is 0.444 e. The van der Waals surface area contributed by atoms with Crippen molar-refractivity contribution in [2.75, 3.05) is 42.5 Å². The van der Waals surface area contributed by atoms with Crippen molar-refractivity contribution in [2.45, 2.75) is 83.9 Å². The number of rotatable bonds is 8. The Labute approximate surface area is 248 Å². The molecular weight excluding hydrogens is 530 g/mol. The zero-order valence-corrected chi connectivity index (χ0v) is 25.3. The van der Waals surface area contributed by atoms with E-state index in [1.165, 1.54) is 25.7 Å². The second kappa shape index (κ2) is 11.9. The van der Waals surface area contributed by atoms with Crippen LogP contribution in [-0.4, -0.2) is 85.3 Å². The van der Waals surface area contributed by atoms with Crippen LogP contribution >= 0.6 is 0 Å². The van der Waals surface area contributed by atoms with Gasteiger partial charge in [0, 0.05) is 32.7 Å². The average molecular weight is 574 g/mol. The van der Waals surface area contributed by atoms with Gasteiger partial charge in [0.1, 0.15) is 22.8 Å². The van der Waals surface area contributed by atoms with E-state index in [9.17, 15) is 4.79 Å². The number of nitrogens with zero attached hydrogens (tertiary/aromatic N) is 9. The topological polar surface area (TPSA) is 105 Å². The number of carbonyl (C=O) groups excluding carboxylic acids is 1. The molecule has 0 spiro atoms. The van der Waals surface area contributed by atoms with Crippen molar-refractivity contribution in [3.63, 3.8) is 0 Å². The average Bonchev–Trinajstić information content (AvgIpc) is 3.41. The quantitative estimate of drug-likeness (QED) is 0.370. The van der Waals surface area contributed by atoms with Crippen LogP contribution in [0.2, 0.25) is 0 Å². The Morgan fingerprint density at radius 3 is 2.52 bits per heavy atom. The molecule has 11 nitrogen and oxygen atoms in total. The summed E-state index contributed by atoms with van der Waals surface area (Å²) in [5, 5.41) is 8.78. The van der Waals surface area contributed by atoms with Gasteiger partial charge in [0.25, 0.3) is 0 Å². The van der Waals surface area contributed by atoms with E-state index in [-0.39, 0.29) is 18.2 Å². The van der Waals surface area contributed by atoms with E-state index in [2.05, 4.69) is 44.2 Å². The number of ether oxygens (including phenoxy) is 1. The molecule has 3 aromatic heterocycles. The van der Waals surface area contributed by atoms with Crippen molar-refractivity contribution < 1.29 is 9.53 Å². The van der Waals surface area contributed by atoms with Gasteiger partial charge >= 0.3 is 6.09 Å². The normalized spacial score (nSPS) is 20.0. The van der Waals surface area contributed by atoms with E-state index in [1.54, 1.807) is 6.20 Å². The molecule has 2 saturated heterocycles. The summed E-state index contributed by atoms with van der Waals surface area (Å²) in [7, 11) is 0. The van der Waals surface area contributed by atoms with Gasteiger partial charge in [-0.25, -0.2) is 14.5 Å². The molecule has 3 aromatic rings. The Kier molecular flexibility index (Phi) is 8.00. The fraction of sp³-hybridized carbons (Fsp3) is 0.613. The molecule has 0 bridgehead atoms. The van der Waals surface area contributed by atoms with Gasteiger partial charge in [-0.05, 0) is 84.3 Å². The Morgan fingerprint density at radius 1 is 1.02 bits per heavy atom. The molecule has 224 valence electrons. The first-order chi connectivity index (χ1) is 20.2. The number of pyridine rings is 1. The molecule has 3 fully saturated rings.